The van der Waals surface area contributed by atoms with Crippen LogP contribution in [0.5, 0.6) is 0 Å². The minimum Gasteiger partial charge on any atom is -1.00 e. The van der Waals surface area contributed by atoms with E-state index in [0.717, 1.165) is 6.42 Å². The second-order valence-electron chi connectivity index (χ2n) is 15.4. The molecule has 2 aromatic rings. The van der Waals surface area contributed by atoms with Gasteiger partial charge in [-0.05, 0) is 34.7 Å². The molecule has 6 rings (SSSR count). The van der Waals surface area contributed by atoms with E-state index in [1.807, 2.05) is 0 Å². The molecule has 0 heterocycles. The van der Waals surface area contributed by atoms with E-state index < -0.39 is 0 Å². The third kappa shape index (κ3) is 6.43. The van der Waals surface area contributed by atoms with E-state index in [0.29, 0.717) is 35.0 Å². The van der Waals surface area contributed by atoms with Gasteiger partial charge in [0, 0.05) is 5.41 Å². The van der Waals surface area contributed by atoms with Crippen molar-refractivity contribution in [2.24, 2.45) is 40.4 Å². The van der Waals surface area contributed by atoms with E-state index in [9.17, 15) is 0 Å². The molecule has 44 heavy (non-hydrogen) atoms. The standard InChI is InChI=1S/C29H37.C9H13.C3H6.2ClH.Zr/c1-16-13-14-25-26-23-12-10-9-11-22(23)15-24(26)27-19(4)17(2)18(3)21(6)29(27,8)28(25,7)20(16)5;1-9(2,3)8-6-4-5-7-8;1-3-2;;;/h9-14,16-18,20-21H,15H2,1-8H3;4-7H,1-3H3;1-2H3;2*1H;/q2*-1;;;;+2/p-2. The van der Waals surface area contributed by atoms with Gasteiger partial charge in [-0.25, -0.2) is 12.0 Å². The summed E-state index contributed by atoms with van der Waals surface area (Å²) in [5, 5.41) is 0. The van der Waals surface area contributed by atoms with Crippen LogP contribution >= 0.6 is 0 Å². The zero-order chi connectivity index (χ0) is 31.4. The molecule has 4 aliphatic rings. The Morgan fingerprint density at radius 2 is 1.52 bits per heavy atom. The summed E-state index contributed by atoms with van der Waals surface area (Å²) in [5.74, 6) is 4.93. The maximum absolute atomic E-state index is 2.63. The molecule has 7 unspecified atom stereocenters. The number of fused-ring (bicyclic) bond motifs is 6. The predicted octanol–water partition coefficient (Wildman–Crippen LogP) is 5.13. The first-order valence-electron chi connectivity index (χ1n) is 16.3. The smallest absolute Gasteiger partial charge is 1.00 e. The summed E-state index contributed by atoms with van der Waals surface area (Å²) >= 11 is 1.55. The van der Waals surface area contributed by atoms with E-state index in [4.69, 9.17) is 0 Å². The second-order valence-corrected chi connectivity index (χ2v) is 17.9. The summed E-state index contributed by atoms with van der Waals surface area (Å²) in [4.78, 5) is 0. The molecule has 0 amide bonds. The van der Waals surface area contributed by atoms with E-state index in [1.165, 1.54) is 19.9 Å². The normalized spacial score (nSPS) is 31.5. The number of halogens is 2. The van der Waals surface area contributed by atoms with Gasteiger partial charge in [0.25, 0.3) is 0 Å². The fraction of sp³-hybridized carbons (Fsp3) is 0.537. The Morgan fingerprint density at radius 1 is 0.932 bits per heavy atom. The van der Waals surface area contributed by atoms with Gasteiger partial charge in [-0.15, -0.1) is 6.92 Å². The molecule has 0 spiro atoms. The molecule has 7 atom stereocenters. The largest absolute Gasteiger partial charge is 1.00 e. The van der Waals surface area contributed by atoms with Gasteiger partial charge >= 0.3 is 41.3 Å². The summed E-state index contributed by atoms with van der Waals surface area (Å²) in [6.45, 7) is 31.1. The van der Waals surface area contributed by atoms with E-state index in [1.54, 1.807) is 52.4 Å². The van der Waals surface area contributed by atoms with Gasteiger partial charge in [-0.2, -0.15) is 34.9 Å². The van der Waals surface area contributed by atoms with Crippen molar-refractivity contribution in [2.75, 3.05) is 0 Å². The van der Waals surface area contributed by atoms with E-state index in [2.05, 4.69) is 151 Å². The van der Waals surface area contributed by atoms with Gasteiger partial charge in [0.2, 0.25) is 0 Å². The average Bonchev–Trinajstić information content (AvgIpc) is 3.59. The molecule has 0 N–H and O–H groups in total. The minimum atomic E-state index is 0. The Bertz CT molecular complexity index is 1400. The third-order valence-electron chi connectivity index (χ3n) is 12.0. The van der Waals surface area contributed by atoms with Crippen LogP contribution < -0.4 is 24.8 Å². The summed E-state index contributed by atoms with van der Waals surface area (Å²) < 4.78 is 1.51. The van der Waals surface area contributed by atoms with Crippen molar-refractivity contribution >= 4 is 8.78 Å². The number of hydrogen-bond donors (Lipinski definition) is 0. The third-order valence-corrected chi connectivity index (χ3v) is 12.0. The Labute approximate surface area is 298 Å². The van der Waals surface area contributed by atoms with Crippen LogP contribution in [-0.4, -0.2) is 3.21 Å². The Kier molecular flexibility index (Phi) is 12.8. The summed E-state index contributed by atoms with van der Waals surface area (Å²) in [5.41, 5.74) is 11.7. The molecule has 1 fully saturated rings. The quantitative estimate of drug-likeness (QED) is 0.333. The first kappa shape index (κ1) is 39.2. The maximum Gasteiger partial charge on any atom is -1.00 e. The molecular weight excluding hydrogens is 655 g/mol. The molecular formula is C41H56Cl2Zr-2. The van der Waals surface area contributed by atoms with Crippen LogP contribution in [0.15, 0.2) is 77.4 Å². The molecule has 0 aliphatic heterocycles. The summed E-state index contributed by atoms with van der Waals surface area (Å²) in [7, 11) is 0. The molecule has 0 bridgehead atoms. The fourth-order valence-corrected chi connectivity index (χ4v) is 8.71. The topological polar surface area (TPSA) is 0 Å². The predicted molar refractivity (Wildman–Crippen MR) is 181 cm³/mol. The molecule has 0 nitrogen and oxygen atoms in total. The fourth-order valence-electron chi connectivity index (χ4n) is 8.71. The van der Waals surface area contributed by atoms with Gasteiger partial charge < -0.3 is 24.8 Å². The van der Waals surface area contributed by atoms with Crippen LogP contribution in [0.3, 0.4) is 0 Å². The number of rotatable bonds is 0. The number of hydrogen-bond acceptors (Lipinski definition) is 0. The summed E-state index contributed by atoms with van der Waals surface area (Å²) in [6.07, 6.45) is 6.12. The van der Waals surface area contributed by atoms with Crippen molar-refractivity contribution < 1.29 is 49.0 Å². The van der Waals surface area contributed by atoms with Crippen LogP contribution in [0.25, 0.3) is 5.57 Å². The molecule has 240 valence electrons. The van der Waals surface area contributed by atoms with E-state index >= 15 is 0 Å². The van der Waals surface area contributed by atoms with Crippen molar-refractivity contribution in [1.29, 1.82) is 0 Å². The maximum atomic E-state index is 2.63. The van der Waals surface area contributed by atoms with Crippen LogP contribution in [-0.2, 0) is 36.1 Å². The van der Waals surface area contributed by atoms with Crippen molar-refractivity contribution in [3.63, 3.8) is 0 Å². The first-order valence-corrected chi connectivity index (χ1v) is 17.5. The molecule has 0 aromatic heterocycles. The molecule has 1 saturated carbocycles. The Balaban J connectivity index is 0.000000380. The van der Waals surface area contributed by atoms with Crippen LogP contribution in [0, 0.1) is 46.3 Å². The molecule has 2 aromatic carbocycles. The van der Waals surface area contributed by atoms with Crippen LogP contribution in [0.2, 0.25) is 0 Å². The summed E-state index contributed by atoms with van der Waals surface area (Å²) in [6, 6.07) is 17.7. The zero-order valence-corrected chi connectivity index (χ0v) is 33.6. The molecule has 0 radical (unpaired) electrons. The van der Waals surface area contributed by atoms with Gasteiger partial charge in [0.1, 0.15) is 0 Å². The van der Waals surface area contributed by atoms with Gasteiger partial charge in [0.05, 0.1) is 0 Å². The SMILES string of the molecule is CC(C)(C)c1cc[cH-]c1.C[C-]1C2=C3Cc4ccccc4C3=C3C=CC(C)C(C)C3(C)C2(C)C(C)C(C)C1C.C[C](C)=[Zr+2].[Cl-].[Cl-]. The first-order chi connectivity index (χ1) is 19.5. The number of allylic oxidation sites excluding steroid dienone is 6. The average molecular weight is 711 g/mol. The van der Waals surface area contributed by atoms with Gasteiger partial charge in [-0.3, -0.25) is 0 Å². The van der Waals surface area contributed by atoms with Crippen molar-refractivity contribution in [2.45, 2.75) is 102 Å². The van der Waals surface area contributed by atoms with Crippen molar-refractivity contribution in [3.05, 3.63) is 100 Å². The number of benzene rings is 1. The second kappa shape index (κ2) is 14.4. The monoisotopic (exact) mass is 708 g/mol. The zero-order valence-electron chi connectivity index (χ0n) is 29.6. The Morgan fingerprint density at radius 3 is 2.05 bits per heavy atom. The minimum absolute atomic E-state index is 0. The van der Waals surface area contributed by atoms with E-state index in [-0.39, 0.29) is 35.6 Å². The van der Waals surface area contributed by atoms with Crippen LogP contribution in [0.4, 0.5) is 0 Å². The van der Waals surface area contributed by atoms with Crippen molar-refractivity contribution in [1.82, 2.24) is 0 Å². The van der Waals surface area contributed by atoms with Crippen molar-refractivity contribution in [3.8, 4) is 0 Å². The van der Waals surface area contributed by atoms with Gasteiger partial charge in [-0.1, -0.05) is 140 Å². The molecule has 0 saturated heterocycles. The van der Waals surface area contributed by atoms with Crippen LogP contribution in [0.1, 0.15) is 107 Å². The molecule has 3 heteroatoms. The van der Waals surface area contributed by atoms with Gasteiger partial charge in [0.15, 0.2) is 0 Å². The Hall–Kier alpha value is -1.01. The molecule has 4 aliphatic carbocycles.